The van der Waals surface area contributed by atoms with Crippen LogP contribution in [0.25, 0.3) is 16.9 Å². The summed E-state index contributed by atoms with van der Waals surface area (Å²) in [7, 11) is 0. The first-order valence-electron chi connectivity index (χ1n) is 6.91. The molecule has 122 valence electrons. The van der Waals surface area contributed by atoms with E-state index in [9.17, 15) is 18.0 Å². The van der Waals surface area contributed by atoms with Crippen molar-refractivity contribution in [2.24, 2.45) is 0 Å². The molecule has 0 radical (unpaired) electrons. The normalized spacial score (nSPS) is 10.8. The van der Waals surface area contributed by atoms with Gasteiger partial charge in [-0.05, 0) is 36.4 Å². The summed E-state index contributed by atoms with van der Waals surface area (Å²) in [5, 5.41) is 0. The lowest BCUT2D eigenvalue weighted by atomic mass is 10.1. The summed E-state index contributed by atoms with van der Waals surface area (Å²) in [6.07, 6.45) is 3.62. The molecule has 0 aliphatic rings. The lowest BCUT2D eigenvalue weighted by Gasteiger charge is -2.08. The van der Waals surface area contributed by atoms with Crippen LogP contribution >= 0.6 is 0 Å². The van der Waals surface area contributed by atoms with Gasteiger partial charge in [0.1, 0.15) is 11.6 Å². The van der Waals surface area contributed by atoms with Gasteiger partial charge in [-0.1, -0.05) is 6.07 Å². The molecule has 1 heterocycles. The standard InChI is InChI=1S/C17H11F3N2O2/c18-13-3-5-14(6-4-13)22-8-15(21-10-22)11-1-2-12(9-23)16(7-11)24-17(19)20/h1-10,17H. The molecule has 0 saturated heterocycles. The summed E-state index contributed by atoms with van der Waals surface area (Å²) in [6.45, 7) is -3.03. The van der Waals surface area contributed by atoms with Crippen LogP contribution in [0.4, 0.5) is 13.2 Å². The van der Waals surface area contributed by atoms with Crippen molar-refractivity contribution in [2.75, 3.05) is 0 Å². The van der Waals surface area contributed by atoms with E-state index < -0.39 is 6.61 Å². The van der Waals surface area contributed by atoms with Crippen molar-refractivity contribution < 1.29 is 22.7 Å². The second kappa shape index (κ2) is 6.57. The Kier molecular flexibility index (Phi) is 4.33. The fourth-order valence-corrected chi connectivity index (χ4v) is 2.22. The average molecular weight is 332 g/mol. The molecule has 24 heavy (non-hydrogen) atoms. The molecule has 0 aliphatic heterocycles. The van der Waals surface area contributed by atoms with Crippen LogP contribution in [0, 0.1) is 5.82 Å². The Morgan fingerprint density at radius 1 is 1.12 bits per heavy atom. The molecule has 3 rings (SSSR count). The molecule has 0 fully saturated rings. The molecule has 0 N–H and O–H groups in total. The number of aldehydes is 1. The first-order chi connectivity index (χ1) is 11.6. The Bertz CT molecular complexity index is 861. The van der Waals surface area contributed by atoms with Gasteiger partial charge in [0, 0.05) is 17.4 Å². The quantitative estimate of drug-likeness (QED) is 0.661. The van der Waals surface area contributed by atoms with E-state index in [1.165, 1.54) is 30.6 Å². The van der Waals surface area contributed by atoms with E-state index in [1.807, 2.05) is 0 Å². The Morgan fingerprint density at radius 3 is 2.54 bits per heavy atom. The summed E-state index contributed by atoms with van der Waals surface area (Å²) in [5.41, 5.74) is 1.73. The number of benzene rings is 2. The van der Waals surface area contributed by atoms with Crippen LogP contribution in [0.2, 0.25) is 0 Å². The van der Waals surface area contributed by atoms with E-state index in [1.54, 1.807) is 29.0 Å². The van der Waals surface area contributed by atoms with E-state index in [2.05, 4.69) is 9.72 Å². The van der Waals surface area contributed by atoms with Crippen LogP contribution in [0.5, 0.6) is 5.75 Å². The molecule has 4 nitrogen and oxygen atoms in total. The van der Waals surface area contributed by atoms with Crippen molar-refractivity contribution >= 4 is 6.29 Å². The minimum Gasteiger partial charge on any atom is -0.434 e. The molecule has 2 aromatic carbocycles. The highest BCUT2D eigenvalue weighted by Gasteiger charge is 2.12. The summed E-state index contributed by atoms with van der Waals surface area (Å²) in [5.74, 6) is -0.564. The highest BCUT2D eigenvalue weighted by molar-refractivity contribution is 5.81. The van der Waals surface area contributed by atoms with Crippen LogP contribution in [0.1, 0.15) is 10.4 Å². The average Bonchev–Trinajstić information content (AvgIpc) is 3.05. The summed E-state index contributed by atoms with van der Waals surface area (Å²) in [6, 6.07) is 10.1. The number of carbonyl (C=O) groups excluding carboxylic acids is 1. The monoisotopic (exact) mass is 332 g/mol. The second-order valence-corrected chi connectivity index (χ2v) is 4.89. The number of halogens is 3. The van der Waals surface area contributed by atoms with Crippen LogP contribution in [-0.2, 0) is 0 Å². The number of carbonyl (C=O) groups is 1. The predicted octanol–water partition coefficient (Wildman–Crippen LogP) is 4.09. The van der Waals surface area contributed by atoms with Gasteiger partial charge in [0.15, 0.2) is 6.29 Å². The number of alkyl halides is 2. The number of aromatic nitrogens is 2. The summed E-state index contributed by atoms with van der Waals surface area (Å²) >= 11 is 0. The minimum atomic E-state index is -3.03. The summed E-state index contributed by atoms with van der Waals surface area (Å²) in [4.78, 5) is 15.1. The fraction of sp³-hybridized carbons (Fsp3) is 0.0588. The van der Waals surface area contributed by atoms with E-state index in [0.29, 0.717) is 23.2 Å². The maximum absolute atomic E-state index is 13.0. The van der Waals surface area contributed by atoms with Crippen LogP contribution < -0.4 is 4.74 Å². The van der Waals surface area contributed by atoms with Gasteiger partial charge in [-0.25, -0.2) is 9.37 Å². The maximum atomic E-state index is 13.0. The van der Waals surface area contributed by atoms with Crippen molar-refractivity contribution in [3.8, 4) is 22.7 Å². The van der Waals surface area contributed by atoms with Crippen LogP contribution in [-0.4, -0.2) is 22.4 Å². The Balaban J connectivity index is 1.95. The van der Waals surface area contributed by atoms with Crippen LogP contribution in [0.15, 0.2) is 55.0 Å². The van der Waals surface area contributed by atoms with E-state index in [4.69, 9.17) is 0 Å². The Morgan fingerprint density at radius 2 is 1.88 bits per heavy atom. The van der Waals surface area contributed by atoms with Crippen molar-refractivity contribution in [3.05, 3.63) is 66.4 Å². The number of ether oxygens (including phenoxy) is 1. The van der Waals surface area contributed by atoms with E-state index in [0.717, 1.165) is 0 Å². The number of nitrogens with zero attached hydrogens (tertiary/aromatic N) is 2. The minimum absolute atomic E-state index is 0.0250. The zero-order valence-electron chi connectivity index (χ0n) is 12.2. The van der Waals surface area contributed by atoms with Gasteiger partial charge in [0.05, 0.1) is 17.6 Å². The van der Waals surface area contributed by atoms with E-state index in [-0.39, 0.29) is 17.1 Å². The molecule has 0 unspecified atom stereocenters. The first kappa shape index (κ1) is 15.8. The molecule has 3 aromatic rings. The second-order valence-electron chi connectivity index (χ2n) is 4.89. The lowest BCUT2D eigenvalue weighted by Crippen LogP contribution is -2.04. The third-order valence-electron chi connectivity index (χ3n) is 3.36. The van der Waals surface area contributed by atoms with Crippen LogP contribution in [0.3, 0.4) is 0 Å². The van der Waals surface area contributed by atoms with Crippen molar-refractivity contribution in [1.82, 2.24) is 9.55 Å². The smallest absolute Gasteiger partial charge is 0.387 e. The molecule has 0 saturated carbocycles. The zero-order chi connectivity index (χ0) is 17.1. The highest BCUT2D eigenvalue weighted by atomic mass is 19.3. The zero-order valence-corrected chi connectivity index (χ0v) is 12.2. The maximum Gasteiger partial charge on any atom is 0.387 e. The molecule has 7 heteroatoms. The topological polar surface area (TPSA) is 44.1 Å². The van der Waals surface area contributed by atoms with Gasteiger partial charge in [-0.3, -0.25) is 4.79 Å². The SMILES string of the molecule is O=Cc1ccc(-c2cn(-c3ccc(F)cc3)cn2)cc1OC(F)F. The Labute approximate surface area is 135 Å². The molecule has 0 bridgehead atoms. The van der Waals surface area contributed by atoms with Gasteiger partial charge in [-0.15, -0.1) is 0 Å². The molecule has 0 spiro atoms. The number of imidazole rings is 1. The number of hydrogen-bond donors (Lipinski definition) is 0. The predicted molar refractivity (Wildman–Crippen MR) is 81.0 cm³/mol. The van der Waals surface area contributed by atoms with Crippen molar-refractivity contribution in [2.45, 2.75) is 6.61 Å². The third kappa shape index (κ3) is 3.29. The van der Waals surface area contributed by atoms with Gasteiger partial charge in [-0.2, -0.15) is 8.78 Å². The summed E-state index contributed by atoms with van der Waals surface area (Å²) < 4.78 is 43.9. The number of rotatable bonds is 5. The largest absolute Gasteiger partial charge is 0.434 e. The molecule has 0 amide bonds. The van der Waals surface area contributed by atoms with Gasteiger partial charge in [0.2, 0.25) is 0 Å². The van der Waals surface area contributed by atoms with Crippen molar-refractivity contribution in [1.29, 1.82) is 0 Å². The Hall–Kier alpha value is -3.09. The highest BCUT2D eigenvalue weighted by Crippen LogP contribution is 2.27. The fourth-order valence-electron chi connectivity index (χ4n) is 2.22. The van der Waals surface area contributed by atoms with Gasteiger partial charge >= 0.3 is 6.61 Å². The molecular formula is C17H11F3N2O2. The first-order valence-corrected chi connectivity index (χ1v) is 6.91. The third-order valence-corrected chi connectivity index (χ3v) is 3.36. The molecular weight excluding hydrogens is 321 g/mol. The molecule has 0 aliphatic carbocycles. The van der Waals surface area contributed by atoms with Gasteiger partial charge in [0.25, 0.3) is 0 Å². The number of hydrogen-bond acceptors (Lipinski definition) is 3. The molecule has 0 atom stereocenters. The molecule has 1 aromatic heterocycles. The van der Waals surface area contributed by atoms with Gasteiger partial charge < -0.3 is 9.30 Å². The lowest BCUT2D eigenvalue weighted by molar-refractivity contribution is -0.0500. The van der Waals surface area contributed by atoms with E-state index >= 15 is 0 Å². The van der Waals surface area contributed by atoms with Crippen molar-refractivity contribution in [3.63, 3.8) is 0 Å².